The molecule has 0 saturated heterocycles. The number of rotatable bonds is 4. The Labute approximate surface area is 96.2 Å². The number of alkyl halides is 1. The number of pyridine rings is 1. The molecule has 0 radical (unpaired) electrons. The first-order valence-corrected chi connectivity index (χ1v) is 5.80. The molecule has 0 spiro atoms. The second-order valence-corrected chi connectivity index (χ2v) is 4.20. The van der Waals surface area contributed by atoms with Gasteiger partial charge in [0, 0.05) is 17.4 Å². The molecule has 1 N–H and O–H groups in total. The molecule has 1 heterocycles. The minimum atomic E-state index is -0.667. The molecule has 0 amide bonds. The molecule has 0 saturated carbocycles. The summed E-state index contributed by atoms with van der Waals surface area (Å²) in [6, 6.07) is 0.887. The summed E-state index contributed by atoms with van der Waals surface area (Å²) in [4.78, 5) is 3.66. The second-order valence-electron chi connectivity index (χ2n) is 3.55. The van der Waals surface area contributed by atoms with Crippen LogP contribution in [0.2, 0.25) is 0 Å². The highest BCUT2D eigenvalue weighted by Crippen LogP contribution is 2.16. The van der Waals surface area contributed by atoms with Crippen LogP contribution >= 0.6 is 15.9 Å². The Bertz CT molecular complexity index is 333. The SMILES string of the molecule is CC(CBr)C(C)Nc1ncc(F)cc1F. The van der Waals surface area contributed by atoms with Crippen molar-refractivity contribution in [1.29, 1.82) is 0 Å². The standard InChI is InChI=1S/C10H13BrF2N2/c1-6(4-11)7(2)15-10-9(13)3-8(12)5-14-10/h3,5-7H,4H2,1-2H3,(H,14,15). The quantitative estimate of drug-likeness (QED) is 0.856. The summed E-state index contributed by atoms with van der Waals surface area (Å²) in [5, 5.41) is 3.71. The Morgan fingerprint density at radius 2 is 2.13 bits per heavy atom. The largest absolute Gasteiger partial charge is 0.365 e. The highest BCUT2D eigenvalue weighted by Gasteiger charge is 2.13. The smallest absolute Gasteiger partial charge is 0.168 e. The first-order chi connectivity index (χ1) is 7.04. The molecule has 0 bridgehead atoms. The van der Waals surface area contributed by atoms with Gasteiger partial charge in [0.1, 0.15) is 5.82 Å². The molecule has 0 aromatic carbocycles. The predicted octanol–water partition coefficient (Wildman–Crippen LogP) is 3.19. The zero-order valence-electron chi connectivity index (χ0n) is 8.60. The molecular formula is C10H13BrF2N2. The van der Waals surface area contributed by atoms with Crippen LogP contribution in [0.15, 0.2) is 12.3 Å². The van der Waals surface area contributed by atoms with Crippen molar-refractivity contribution in [3.63, 3.8) is 0 Å². The van der Waals surface area contributed by atoms with Gasteiger partial charge in [0.25, 0.3) is 0 Å². The van der Waals surface area contributed by atoms with Crippen LogP contribution in [0.3, 0.4) is 0 Å². The molecule has 1 rings (SSSR count). The van der Waals surface area contributed by atoms with Gasteiger partial charge >= 0.3 is 0 Å². The summed E-state index contributed by atoms with van der Waals surface area (Å²) in [6.07, 6.45) is 0.997. The van der Waals surface area contributed by atoms with Crippen LogP contribution in [-0.4, -0.2) is 16.4 Å². The van der Waals surface area contributed by atoms with Crippen LogP contribution in [0.5, 0.6) is 0 Å². The Hall–Kier alpha value is -0.710. The lowest BCUT2D eigenvalue weighted by molar-refractivity contribution is 0.549. The van der Waals surface area contributed by atoms with Crippen molar-refractivity contribution in [3.8, 4) is 0 Å². The molecule has 0 aliphatic rings. The van der Waals surface area contributed by atoms with Gasteiger partial charge in [-0.25, -0.2) is 13.8 Å². The lowest BCUT2D eigenvalue weighted by atomic mass is 10.1. The second kappa shape index (κ2) is 5.39. The lowest BCUT2D eigenvalue weighted by Crippen LogP contribution is -2.25. The molecular weight excluding hydrogens is 266 g/mol. The van der Waals surface area contributed by atoms with Gasteiger partial charge in [-0.2, -0.15) is 0 Å². The Kier molecular flexibility index (Phi) is 4.45. The van der Waals surface area contributed by atoms with Crippen molar-refractivity contribution in [2.24, 2.45) is 5.92 Å². The van der Waals surface area contributed by atoms with E-state index in [9.17, 15) is 8.78 Å². The zero-order chi connectivity index (χ0) is 11.4. The summed E-state index contributed by atoms with van der Waals surface area (Å²) in [5.41, 5.74) is 0. The lowest BCUT2D eigenvalue weighted by Gasteiger charge is -2.19. The fourth-order valence-electron chi connectivity index (χ4n) is 1.01. The number of hydrogen-bond donors (Lipinski definition) is 1. The monoisotopic (exact) mass is 278 g/mol. The number of nitrogens with one attached hydrogen (secondary N) is 1. The van der Waals surface area contributed by atoms with Gasteiger partial charge in [-0.1, -0.05) is 22.9 Å². The topological polar surface area (TPSA) is 24.9 Å². The number of hydrogen-bond acceptors (Lipinski definition) is 2. The number of anilines is 1. The minimum Gasteiger partial charge on any atom is -0.365 e. The van der Waals surface area contributed by atoms with Gasteiger partial charge in [-0.05, 0) is 12.8 Å². The average molecular weight is 279 g/mol. The average Bonchev–Trinajstić information content (AvgIpc) is 2.20. The maximum atomic E-state index is 13.2. The molecule has 0 aliphatic heterocycles. The van der Waals surface area contributed by atoms with Crippen molar-refractivity contribution in [2.75, 3.05) is 10.6 Å². The van der Waals surface area contributed by atoms with Crippen LogP contribution < -0.4 is 5.32 Å². The van der Waals surface area contributed by atoms with Crippen LogP contribution in [0.1, 0.15) is 13.8 Å². The third-order valence-corrected chi connectivity index (χ3v) is 3.29. The molecule has 0 fully saturated rings. The maximum absolute atomic E-state index is 13.2. The first-order valence-electron chi connectivity index (χ1n) is 4.68. The Balaban J connectivity index is 2.72. The minimum absolute atomic E-state index is 0.0665. The van der Waals surface area contributed by atoms with E-state index in [1.165, 1.54) is 0 Å². The summed E-state index contributed by atoms with van der Waals surface area (Å²) < 4.78 is 25.8. The van der Waals surface area contributed by atoms with Crippen molar-refractivity contribution in [3.05, 3.63) is 23.9 Å². The molecule has 15 heavy (non-hydrogen) atoms. The molecule has 2 nitrogen and oxygen atoms in total. The van der Waals surface area contributed by atoms with E-state index < -0.39 is 11.6 Å². The zero-order valence-corrected chi connectivity index (χ0v) is 10.2. The predicted molar refractivity (Wildman–Crippen MR) is 60.2 cm³/mol. The van der Waals surface area contributed by atoms with E-state index in [1.807, 2.05) is 13.8 Å². The highest BCUT2D eigenvalue weighted by atomic mass is 79.9. The summed E-state index contributed by atoms with van der Waals surface area (Å²) >= 11 is 3.34. The van der Waals surface area contributed by atoms with Gasteiger partial charge in [-0.15, -0.1) is 0 Å². The van der Waals surface area contributed by atoms with Crippen LogP contribution in [0.4, 0.5) is 14.6 Å². The van der Waals surface area contributed by atoms with Crippen molar-refractivity contribution in [1.82, 2.24) is 4.98 Å². The molecule has 0 aliphatic carbocycles. The van der Waals surface area contributed by atoms with Crippen LogP contribution in [0.25, 0.3) is 0 Å². The van der Waals surface area contributed by atoms with Crippen molar-refractivity contribution in [2.45, 2.75) is 19.9 Å². The molecule has 5 heteroatoms. The van der Waals surface area contributed by atoms with Crippen LogP contribution in [0, 0.1) is 17.6 Å². The van der Waals surface area contributed by atoms with Gasteiger partial charge in [-0.3, -0.25) is 0 Å². The van der Waals surface area contributed by atoms with E-state index in [1.54, 1.807) is 0 Å². The summed E-state index contributed by atoms with van der Waals surface area (Å²) in [5.74, 6) is -0.907. The van der Waals surface area contributed by atoms with Gasteiger partial charge in [0.2, 0.25) is 0 Å². The fourth-order valence-corrected chi connectivity index (χ4v) is 1.57. The fraction of sp³-hybridized carbons (Fsp3) is 0.500. The third-order valence-electron chi connectivity index (χ3n) is 2.27. The number of aromatic nitrogens is 1. The number of halogens is 3. The maximum Gasteiger partial charge on any atom is 0.168 e. The molecule has 2 unspecified atom stereocenters. The van der Waals surface area contributed by atoms with Crippen LogP contribution in [-0.2, 0) is 0 Å². The van der Waals surface area contributed by atoms with Gasteiger partial charge in [0.15, 0.2) is 11.6 Å². The van der Waals surface area contributed by atoms with Crippen molar-refractivity contribution < 1.29 is 8.78 Å². The van der Waals surface area contributed by atoms with E-state index in [-0.39, 0.29) is 11.9 Å². The van der Waals surface area contributed by atoms with E-state index >= 15 is 0 Å². The van der Waals surface area contributed by atoms with Gasteiger partial charge < -0.3 is 5.32 Å². The normalized spacial score (nSPS) is 14.7. The van der Waals surface area contributed by atoms with Crippen molar-refractivity contribution >= 4 is 21.7 Å². The van der Waals surface area contributed by atoms with Gasteiger partial charge in [0.05, 0.1) is 6.20 Å². The first kappa shape index (κ1) is 12.4. The molecule has 84 valence electrons. The molecule has 2 atom stereocenters. The third kappa shape index (κ3) is 3.41. The molecule has 1 aromatic rings. The summed E-state index contributed by atoms with van der Waals surface area (Å²) in [7, 11) is 0. The number of nitrogens with zero attached hydrogens (tertiary/aromatic N) is 1. The molecule has 1 aromatic heterocycles. The Morgan fingerprint density at radius 3 is 2.67 bits per heavy atom. The highest BCUT2D eigenvalue weighted by molar-refractivity contribution is 9.09. The summed E-state index contributed by atoms with van der Waals surface area (Å²) in [6.45, 7) is 3.95. The van der Waals surface area contributed by atoms with E-state index in [0.717, 1.165) is 17.6 Å². The van der Waals surface area contributed by atoms with E-state index in [0.29, 0.717) is 5.92 Å². The Morgan fingerprint density at radius 1 is 1.47 bits per heavy atom. The van der Waals surface area contributed by atoms with E-state index in [2.05, 4.69) is 26.2 Å². The van der Waals surface area contributed by atoms with E-state index in [4.69, 9.17) is 0 Å².